The topological polar surface area (TPSA) is 57.5 Å². The van der Waals surface area contributed by atoms with E-state index in [1.54, 1.807) is 30.3 Å². The van der Waals surface area contributed by atoms with Gasteiger partial charge in [0.25, 0.3) is 0 Å². The zero-order chi connectivity index (χ0) is 12.4. The van der Waals surface area contributed by atoms with Gasteiger partial charge in [-0.05, 0) is 28.1 Å². The molecule has 0 amide bonds. The molecule has 0 aliphatic heterocycles. The van der Waals surface area contributed by atoms with Crippen LogP contribution in [0.1, 0.15) is 15.9 Å². The average Bonchev–Trinajstić information content (AvgIpc) is 2.34. The van der Waals surface area contributed by atoms with Gasteiger partial charge in [-0.15, -0.1) is 0 Å². The summed E-state index contributed by atoms with van der Waals surface area (Å²) in [6.07, 6.45) is 0. The van der Waals surface area contributed by atoms with Crippen molar-refractivity contribution in [2.45, 2.75) is 0 Å². The number of benzene rings is 2. The lowest BCUT2D eigenvalue weighted by molar-refractivity contribution is 0.103. The highest BCUT2D eigenvalue weighted by Crippen LogP contribution is 2.33. The molecule has 2 rings (SSSR count). The molecule has 2 N–H and O–H groups in total. The maximum Gasteiger partial charge on any atom is 0.196 e. The number of phenols is 2. The predicted octanol–water partition coefficient (Wildman–Crippen LogP) is 3.09. The van der Waals surface area contributed by atoms with E-state index < -0.39 is 0 Å². The molecule has 0 aliphatic rings. The molecule has 0 aromatic heterocycles. The number of carbonyl (C=O) groups excluding carboxylic acids is 1. The molecule has 2 aromatic carbocycles. The zero-order valence-electron chi connectivity index (χ0n) is 8.72. The zero-order valence-corrected chi connectivity index (χ0v) is 10.3. The van der Waals surface area contributed by atoms with Gasteiger partial charge in [0.2, 0.25) is 0 Å². The van der Waals surface area contributed by atoms with Gasteiger partial charge in [-0.25, -0.2) is 0 Å². The molecule has 0 saturated heterocycles. The summed E-state index contributed by atoms with van der Waals surface area (Å²) in [5, 5.41) is 19.2. The lowest BCUT2D eigenvalue weighted by atomic mass is 10.0. The van der Waals surface area contributed by atoms with Crippen LogP contribution in [0, 0.1) is 0 Å². The second-order valence-corrected chi connectivity index (χ2v) is 4.37. The number of hydrogen-bond acceptors (Lipinski definition) is 3. The SMILES string of the molecule is O=C(c1ccccc1)c1cc(O)cc(Br)c1O. The van der Waals surface area contributed by atoms with E-state index in [1.807, 2.05) is 0 Å². The van der Waals surface area contributed by atoms with Crippen molar-refractivity contribution in [3.8, 4) is 11.5 Å². The first kappa shape index (κ1) is 11.7. The summed E-state index contributed by atoms with van der Waals surface area (Å²) >= 11 is 3.08. The Hall–Kier alpha value is -1.81. The Morgan fingerprint density at radius 3 is 2.35 bits per heavy atom. The lowest BCUT2D eigenvalue weighted by Gasteiger charge is -2.06. The van der Waals surface area contributed by atoms with Gasteiger partial charge >= 0.3 is 0 Å². The molecular formula is C13H9BrO3. The van der Waals surface area contributed by atoms with E-state index in [2.05, 4.69) is 15.9 Å². The van der Waals surface area contributed by atoms with E-state index in [0.29, 0.717) is 5.56 Å². The monoisotopic (exact) mass is 292 g/mol. The van der Waals surface area contributed by atoms with Crippen molar-refractivity contribution < 1.29 is 15.0 Å². The van der Waals surface area contributed by atoms with Crippen molar-refractivity contribution in [3.63, 3.8) is 0 Å². The highest BCUT2D eigenvalue weighted by Gasteiger charge is 2.16. The van der Waals surface area contributed by atoms with Crippen LogP contribution in [0.15, 0.2) is 46.9 Å². The Morgan fingerprint density at radius 1 is 1.06 bits per heavy atom. The van der Waals surface area contributed by atoms with Gasteiger partial charge in [0.1, 0.15) is 11.5 Å². The molecule has 4 heteroatoms. The summed E-state index contributed by atoms with van der Waals surface area (Å²) in [6, 6.07) is 11.2. The highest BCUT2D eigenvalue weighted by atomic mass is 79.9. The van der Waals surface area contributed by atoms with E-state index in [9.17, 15) is 15.0 Å². The minimum Gasteiger partial charge on any atom is -0.508 e. The average molecular weight is 293 g/mol. The van der Waals surface area contributed by atoms with Gasteiger partial charge < -0.3 is 10.2 Å². The van der Waals surface area contributed by atoms with Gasteiger partial charge in [0.05, 0.1) is 10.0 Å². The van der Waals surface area contributed by atoms with Gasteiger partial charge in [0.15, 0.2) is 5.78 Å². The van der Waals surface area contributed by atoms with Crippen molar-refractivity contribution in [2.75, 3.05) is 0 Å². The van der Waals surface area contributed by atoms with Crippen LogP contribution >= 0.6 is 15.9 Å². The number of halogens is 1. The van der Waals surface area contributed by atoms with Crippen LogP contribution in [0.5, 0.6) is 11.5 Å². The molecule has 0 unspecified atom stereocenters. The number of carbonyl (C=O) groups is 1. The smallest absolute Gasteiger partial charge is 0.196 e. The summed E-state index contributed by atoms with van der Waals surface area (Å²) in [7, 11) is 0. The first-order chi connectivity index (χ1) is 8.09. The Bertz CT molecular complexity index is 564. The number of phenolic OH excluding ortho intramolecular Hbond substituents is 2. The maximum absolute atomic E-state index is 12.1. The third-order valence-electron chi connectivity index (χ3n) is 2.33. The Labute approximate surface area is 106 Å². The molecule has 86 valence electrons. The molecule has 0 atom stereocenters. The first-order valence-corrected chi connectivity index (χ1v) is 5.70. The molecule has 0 fully saturated rings. The third-order valence-corrected chi connectivity index (χ3v) is 2.93. The fourth-order valence-electron chi connectivity index (χ4n) is 1.50. The van der Waals surface area contributed by atoms with E-state index in [4.69, 9.17) is 0 Å². The molecule has 3 nitrogen and oxygen atoms in total. The number of ketones is 1. The Balaban J connectivity index is 2.52. The Morgan fingerprint density at radius 2 is 1.71 bits per heavy atom. The van der Waals surface area contributed by atoms with Crippen molar-refractivity contribution in [2.24, 2.45) is 0 Å². The van der Waals surface area contributed by atoms with Crippen molar-refractivity contribution in [1.82, 2.24) is 0 Å². The summed E-state index contributed by atoms with van der Waals surface area (Å²) in [6.45, 7) is 0. The van der Waals surface area contributed by atoms with Crippen LogP contribution in [0.2, 0.25) is 0 Å². The van der Waals surface area contributed by atoms with Gasteiger partial charge in [-0.1, -0.05) is 30.3 Å². The van der Waals surface area contributed by atoms with E-state index >= 15 is 0 Å². The van der Waals surface area contributed by atoms with E-state index in [0.717, 1.165) is 0 Å². The number of aromatic hydroxyl groups is 2. The minimum atomic E-state index is -0.334. The molecule has 0 saturated carbocycles. The molecule has 2 aromatic rings. The summed E-state index contributed by atoms with van der Waals surface area (Å²) in [5.74, 6) is -0.578. The predicted molar refractivity (Wildman–Crippen MR) is 67.3 cm³/mol. The molecule has 0 heterocycles. The minimum absolute atomic E-state index is 0.0723. The number of rotatable bonds is 2. The standard InChI is InChI=1S/C13H9BrO3/c14-11-7-9(15)6-10(13(11)17)12(16)8-4-2-1-3-5-8/h1-7,15,17H. The van der Waals surface area contributed by atoms with Crippen molar-refractivity contribution in [1.29, 1.82) is 0 Å². The van der Waals surface area contributed by atoms with Crippen molar-refractivity contribution in [3.05, 3.63) is 58.1 Å². The van der Waals surface area contributed by atoms with Crippen LogP contribution in [0.3, 0.4) is 0 Å². The summed E-state index contributed by atoms with van der Waals surface area (Å²) in [5.41, 5.74) is 0.531. The first-order valence-electron chi connectivity index (χ1n) is 4.91. The van der Waals surface area contributed by atoms with Gasteiger partial charge in [0, 0.05) is 5.56 Å². The van der Waals surface area contributed by atoms with Gasteiger partial charge in [-0.3, -0.25) is 4.79 Å². The van der Waals surface area contributed by atoms with E-state index in [1.165, 1.54) is 12.1 Å². The molecular weight excluding hydrogens is 284 g/mol. The van der Waals surface area contributed by atoms with Crippen LogP contribution in [-0.2, 0) is 0 Å². The molecule has 0 spiro atoms. The van der Waals surface area contributed by atoms with Crippen LogP contribution in [0.25, 0.3) is 0 Å². The molecule has 17 heavy (non-hydrogen) atoms. The Kier molecular flexibility index (Phi) is 3.15. The summed E-state index contributed by atoms with van der Waals surface area (Å²) in [4.78, 5) is 12.1. The quantitative estimate of drug-likeness (QED) is 0.661. The van der Waals surface area contributed by atoms with Crippen molar-refractivity contribution >= 4 is 21.7 Å². The van der Waals surface area contributed by atoms with E-state index in [-0.39, 0.29) is 27.3 Å². The number of hydrogen-bond donors (Lipinski definition) is 2. The van der Waals surface area contributed by atoms with Crippen LogP contribution < -0.4 is 0 Å². The molecule has 0 aliphatic carbocycles. The maximum atomic E-state index is 12.1. The van der Waals surface area contributed by atoms with Crippen LogP contribution in [0.4, 0.5) is 0 Å². The summed E-state index contributed by atoms with van der Waals surface area (Å²) < 4.78 is 0.289. The normalized spacial score (nSPS) is 10.2. The fourth-order valence-corrected chi connectivity index (χ4v) is 1.95. The van der Waals surface area contributed by atoms with Gasteiger partial charge in [-0.2, -0.15) is 0 Å². The second kappa shape index (κ2) is 4.59. The largest absolute Gasteiger partial charge is 0.508 e. The fraction of sp³-hybridized carbons (Fsp3) is 0. The highest BCUT2D eigenvalue weighted by molar-refractivity contribution is 9.10. The van der Waals surface area contributed by atoms with Crippen LogP contribution in [-0.4, -0.2) is 16.0 Å². The molecule has 0 radical (unpaired) electrons. The molecule has 0 bridgehead atoms. The lowest BCUT2D eigenvalue weighted by Crippen LogP contribution is -2.01. The third kappa shape index (κ3) is 2.31. The second-order valence-electron chi connectivity index (χ2n) is 3.52.